The van der Waals surface area contributed by atoms with Crippen molar-refractivity contribution < 1.29 is 18.0 Å². The molecule has 0 aliphatic carbocycles. The van der Waals surface area contributed by atoms with Crippen LogP contribution in [0.5, 0.6) is 0 Å². The molecule has 0 atom stereocenters. The van der Waals surface area contributed by atoms with Crippen LogP contribution in [0.15, 0.2) is 48.5 Å². The fraction of sp³-hybridized carbons (Fsp3) is 0.391. The maximum absolute atomic E-state index is 13.1. The molecule has 6 heteroatoms. The van der Waals surface area contributed by atoms with Crippen molar-refractivity contribution in [2.45, 2.75) is 39.0 Å². The lowest BCUT2D eigenvalue weighted by atomic mass is 9.80. The molecule has 0 saturated carbocycles. The van der Waals surface area contributed by atoms with Crippen molar-refractivity contribution in [1.82, 2.24) is 0 Å². The summed E-state index contributed by atoms with van der Waals surface area (Å²) in [5.41, 5.74) is 1.76. The number of fused-ring (bicyclic) bond motifs is 1. The second-order valence-corrected chi connectivity index (χ2v) is 10.9. The van der Waals surface area contributed by atoms with E-state index in [1.54, 1.807) is 11.0 Å². The SMILES string of the molecule is CCC1(CC(=O)c2ccc3c(c2)C(C)(C)C(=O)N3c2ccccc2)CS(=O)(=O)C1. The molecule has 2 aromatic carbocycles. The van der Waals surface area contributed by atoms with Gasteiger partial charge in [0.05, 0.1) is 22.6 Å². The third kappa shape index (κ3) is 3.19. The highest BCUT2D eigenvalue weighted by Crippen LogP contribution is 2.46. The predicted molar refractivity (Wildman–Crippen MR) is 113 cm³/mol. The number of hydrogen-bond acceptors (Lipinski definition) is 4. The fourth-order valence-electron chi connectivity index (χ4n) is 4.51. The van der Waals surface area contributed by atoms with Gasteiger partial charge in [-0.2, -0.15) is 0 Å². The minimum absolute atomic E-state index is 0.0292. The van der Waals surface area contributed by atoms with Crippen molar-refractivity contribution in [2.24, 2.45) is 5.41 Å². The van der Waals surface area contributed by atoms with Gasteiger partial charge in [0.2, 0.25) is 5.91 Å². The molecule has 1 amide bonds. The van der Waals surface area contributed by atoms with Crippen LogP contribution in [0, 0.1) is 5.41 Å². The van der Waals surface area contributed by atoms with Gasteiger partial charge < -0.3 is 0 Å². The minimum Gasteiger partial charge on any atom is -0.294 e. The van der Waals surface area contributed by atoms with Crippen LogP contribution in [-0.4, -0.2) is 31.6 Å². The summed E-state index contributed by atoms with van der Waals surface area (Å²) in [6.45, 7) is 5.68. The molecule has 0 radical (unpaired) electrons. The molecule has 5 nitrogen and oxygen atoms in total. The van der Waals surface area contributed by atoms with Gasteiger partial charge in [-0.25, -0.2) is 8.42 Å². The van der Waals surface area contributed by atoms with Gasteiger partial charge in [0.1, 0.15) is 0 Å². The van der Waals surface area contributed by atoms with E-state index in [0.29, 0.717) is 12.0 Å². The van der Waals surface area contributed by atoms with Crippen molar-refractivity contribution in [3.8, 4) is 0 Å². The number of Topliss-reactive ketones (excluding diaryl/α,β-unsaturated/α-hetero) is 1. The molecule has 2 aliphatic rings. The maximum Gasteiger partial charge on any atom is 0.241 e. The van der Waals surface area contributed by atoms with Crippen LogP contribution in [0.2, 0.25) is 0 Å². The smallest absolute Gasteiger partial charge is 0.241 e. The highest BCUT2D eigenvalue weighted by Gasteiger charge is 2.49. The van der Waals surface area contributed by atoms with Gasteiger partial charge >= 0.3 is 0 Å². The Hall–Kier alpha value is -2.47. The van der Waals surface area contributed by atoms with Gasteiger partial charge in [0.15, 0.2) is 15.6 Å². The zero-order valence-corrected chi connectivity index (χ0v) is 17.8. The number of anilines is 2. The Kier molecular flexibility index (Phi) is 4.46. The molecule has 1 fully saturated rings. The number of para-hydroxylation sites is 1. The Morgan fingerprint density at radius 3 is 2.31 bits per heavy atom. The third-order valence-electron chi connectivity index (χ3n) is 6.32. The molecule has 29 heavy (non-hydrogen) atoms. The zero-order valence-electron chi connectivity index (χ0n) is 16.9. The van der Waals surface area contributed by atoms with Crippen LogP contribution in [-0.2, 0) is 20.0 Å². The number of carbonyl (C=O) groups excluding carboxylic acids is 2. The standard InChI is InChI=1S/C23H25NO4S/c1-4-23(14-29(27,28)15-23)13-20(25)16-10-11-19-18(12-16)22(2,3)21(26)24(19)17-8-6-5-7-9-17/h5-12H,4,13-15H2,1-3H3. The average molecular weight is 412 g/mol. The van der Waals surface area contributed by atoms with Gasteiger partial charge in [-0.05, 0) is 56.2 Å². The summed E-state index contributed by atoms with van der Waals surface area (Å²) in [5, 5.41) is 0. The lowest BCUT2D eigenvalue weighted by Crippen LogP contribution is -2.49. The molecule has 0 bridgehead atoms. The second-order valence-electron chi connectivity index (χ2n) is 8.82. The Morgan fingerprint density at radius 2 is 1.72 bits per heavy atom. The summed E-state index contributed by atoms with van der Waals surface area (Å²) in [6, 6.07) is 14.9. The van der Waals surface area contributed by atoms with Crippen LogP contribution in [0.1, 0.15) is 49.5 Å². The number of ketones is 1. The average Bonchev–Trinajstić information content (AvgIpc) is 2.86. The molecule has 2 aromatic rings. The number of sulfone groups is 1. The summed E-state index contributed by atoms with van der Waals surface area (Å²) in [4.78, 5) is 27.8. The minimum atomic E-state index is -3.01. The van der Waals surface area contributed by atoms with E-state index in [0.717, 1.165) is 16.9 Å². The number of carbonyl (C=O) groups is 2. The van der Waals surface area contributed by atoms with E-state index in [4.69, 9.17) is 0 Å². The van der Waals surface area contributed by atoms with E-state index >= 15 is 0 Å². The first kappa shape index (κ1) is 19.8. The van der Waals surface area contributed by atoms with Crippen LogP contribution >= 0.6 is 0 Å². The molecule has 2 heterocycles. The zero-order chi connectivity index (χ0) is 21.0. The Labute approximate surface area is 171 Å². The molecule has 0 N–H and O–H groups in total. The Bertz CT molecular complexity index is 1090. The van der Waals surface area contributed by atoms with Crippen molar-refractivity contribution in [3.63, 3.8) is 0 Å². The molecule has 0 aromatic heterocycles. The van der Waals surface area contributed by atoms with E-state index in [1.807, 2.05) is 63.2 Å². The molecule has 2 aliphatic heterocycles. The molecule has 0 unspecified atom stereocenters. The van der Waals surface area contributed by atoms with Crippen LogP contribution in [0.25, 0.3) is 0 Å². The summed E-state index contributed by atoms with van der Waals surface area (Å²) >= 11 is 0. The largest absolute Gasteiger partial charge is 0.294 e. The predicted octanol–water partition coefficient (Wildman–Crippen LogP) is 4.04. The Balaban J connectivity index is 1.68. The summed E-state index contributed by atoms with van der Waals surface area (Å²) in [6.07, 6.45) is 0.882. The lowest BCUT2D eigenvalue weighted by molar-refractivity contribution is -0.121. The van der Waals surface area contributed by atoms with Crippen LogP contribution in [0.4, 0.5) is 11.4 Å². The lowest BCUT2D eigenvalue weighted by Gasteiger charge is -2.40. The van der Waals surface area contributed by atoms with Gasteiger partial charge in [0.25, 0.3) is 0 Å². The van der Waals surface area contributed by atoms with Crippen molar-refractivity contribution in [1.29, 1.82) is 0 Å². The van der Waals surface area contributed by atoms with Crippen molar-refractivity contribution in [2.75, 3.05) is 16.4 Å². The van der Waals surface area contributed by atoms with Gasteiger partial charge in [0, 0.05) is 23.1 Å². The first-order valence-corrected chi connectivity index (χ1v) is 11.7. The molecular weight excluding hydrogens is 386 g/mol. The summed E-state index contributed by atoms with van der Waals surface area (Å²) in [7, 11) is -3.01. The molecular formula is C23H25NO4S. The maximum atomic E-state index is 13.1. The van der Waals surface area contributed by atoms with Crippen LogP contribution < -0.4 is 4.90 Å². The number of nitrogens with zero attached hydrogens (tertiary/aromatic N) is 1. The summed E-state index contributed by atoms with van der Waals surface area (Å²) in [5.74, 6) is 0.0714. The van der Waals surface area contributed by atoms with Gasteiger partial charge in [-0.1, -0.05) is 25.1 Å². The van der Waals surface area contributed by atoms with Crippen molar-refractivity contribution in [3.05, 3.63) is 59.7 Å². The van der Waals surface area contributed by atoms with E-state index in [1.165, 1.54) is 0 Å². The van der Waals surface area contributed by atoms with Crippen LogP contribution in [0.3, 0.4) is 0 Å². The second kappa shape index (κ2) is 6.52. The van der Waals surface area contributed by atoms with Crippen molar-refractivity contribution >= 4 is 32.9 Å². The van der Waals surface area contributed by atoms with E-state index < -0.39 is 20.7 Å². The number of hydrogen-bond donors (Lipinski definition) is 0. The topological polar surface area (TPSA) is 71.5 Å². The van der Waals surface area contributed by atoms with E-state index in [2.05, 4.69) is 0 Å². The molecule has 0 spiro atoms. The number of benzene rings is 2. The molecule has 4 rings (SSSR count). The summed E-state index contributed by atoms with van der Waals surface area (Å²) < 4.78 is 23.3. The van der Waals surface area contributed by atoms with E-state index in [-0.39, 0.29) is 29.6 Å². The quantitative estimate of drug-likeness (QED) is 0.696. The number of rotatable bonds is 5. The molecule has 152 valence electrons. The first-order valence-electron chi connectivity index (χ1n) is 9.86. The first-order chi connectivity index (χ1) is 13.6. The van der Waals surface area contributed by atoms with E-state index in [9.17, 15) is 18.0 Å². The monoisotopic (exact) mass is 411 g/mol. The number of amides is 1. The van der Waals surface area contributed by atoms with Gasteiger partial charge in [-0.15, -0.1) is 0 Å². The Morgan fingerprint density at radius 1 is 1.07 bits per heavy atom. The fourth-order valence-corrected chi connectivity index (χ4v) is 6.90. The highest BCUT2D eigenvalue weighted by molar-refractivity contribution is 7.92. The normalized spacial score (nSPS) is 20.8. The third-order valence-corrected chi connectivity index (χ3v) is 8.43. The highest BCUT2D eigenvalue weighted by atomic mass is 32.2. The van der Waals surface area contributed by atoms with Gasteiger partial charge in [-0.3, -0.25) is 14.5 Å². The molecule has 1 saturated heterocycles.